The van der Waals surface area contributed by atoms with Gasteiger partial charge < -0.3 is 4.57 Å². The van der Waals surface area contributed by atoms with Gasteiger partial charge in [-0.3, -0.25) is 9.69 Å². The quantitative estimate of drug-likeness (QED) is 0.352. The fourth-order valence-electron chi connectivity index (χ4n) is 4.21. The summed E-state index contributed by atoms with van der Waals surface area (Å²) in [7, 11) is 0. The maximum absolute atomic E-state index is 13.1. The smallest absolute Gasteiger partial charge is 0.270 e. The molecule has 1 amide bonds. The van der Waals surface area contributed by atoms with Crippen LogP contribution < -0.4 is 4.90 Å². The van der Waals surface area contributed by atoms with E-state index in [1.807, 2.05) is 36.4 Å². The fourth-order valence-corrected chi connectivity index (χ4v) is 5.50. The van der Waals surface area contributed by atoms with Gasteiger partial charge in [0, 0.05) is 11.4 Å². The lowest BCUT2D eigenvalue weighted by Gasteiger charge is -2.17. The Bertz CT molecular complexity index is 1180. The van der Waals surface area contributed by atoms with Crippen molar-refractivity contribution in [1.82, 2.24) is 4.57 Å². The average molecular weight is 433 g/mol. The van der Waals surface area contributed by atoms with Crippen molar-refractivity contribution >= 4 is 46.0 Å². The summed E-state index contributed by atoms with van der Waals surface area (Å²) >= 11 is 6.86. The molecule has 0 radical (unpaired) electrons. The van der Waals surface area contributed by atoms with Gasteiger partial charge in [-0.05, 0) is 75.6 Å². The number of carbonyl (C=O) groups is 1. The number of carbonyl (C=O) groups excluding carboxylic acids is 1. The second-order valence-electron chi connectivity index (χ2n) is 7.76. The van der Waals surface area contributed by atoms with Gasteiger partial charge in [0.1, 0.15) is 0 Å². The van der Waals surface area contributed by atoms with Gasteiger partial charge in [-0.15, -0.1) is 0 Å². The molecule has 0 saturated carbocycles. The van der Waals surface area contributed by atoms with E-state index in [0.29, 0.717) is 9.23 Å². The number of hydrogen-bond acceptors (Lipinski definition) is 3. The van der Waals surface area contributed by atoms with Gasteiger partial charge in [0.2, 0.25) is 0 Å². The number of aromatic nitrogens is 1. The van der Waals surface area contributed by atoms with Crippen molar-refractivity contribution in [2.24, 2.45) is 0 Å². The van der Waals surface area contributed by atoms with Gasteiger partial charge in [-0.25, -0.2) is 0 Å². The Morgan fingerprint density at radius 2 is 1.57 bits per heavy atom. The molecule has 0 bridgehead atoms. The number of thiocarbonyl (C=S) groups is 1. The van der Waals surface area contributed by atoms with Crippen molar-refractivity contribution in [3.05, 3.63) is 87.1 Å². The molecule has 1 aromatic heterocycles. The van der Waals surface area contributed by atoms with Gasteiger partial charge in [0.15, 0.2) is 4.32 Å². The van der Waals surface area contributed by atoms with Crippen LogP contribution in [-0.4, -0.2) is 14.8 Å². The maximum atomic E-state index is 13.1. The molecule has 3 aromatic rings. The number of benzene rings is 2. The summed E-state index contributed by atoms with van der Waals surface area (Å²) < 4.78 is 2.85. The van der Waals surface area contributed by atoms with E-state index in [1.54, 1.807) is 4.90 Å². The lowest BCUT2D eigenvalue weighted by molar-refractivity contribution is -0.113. The van der Waals surface area contributed by atoms with E-state index >= 15 is 0 Å². The predicted octanol–water partition coefficient (Wildman–Crippen LogP) is 6.43. The van der Waals surface area contributed by atoms with E-state index < -0.39 is 0 Å². The SMILES string of the molecule is Cc1cc(C)c(-n2c(C)cc(/C=C3/SC(=S)N(c4ccccc4)C3=O)c2C)c(C)c1. The van der Waals surface area contributed by atoms with E-state index in [-0.39, 0.29) is 5.91 Å². The second-order valence-corrected chi connectivity index (χ2v) is 9.44. The summed E-state index contributed by atoms with van der Waals surface area (Å²) in [6.07, 6.45) is 1.97. The lowest BCUT2D eigenvalue weighted by Crippen LogP contribution is -2.27. The minimum atomic E-state index is -0.0660. The Kier molecular flexibility index (Phi) is 5.43. The van der Waals surface area contributed by atoms with Gasteiger partial charge in [-0.2, -0.15) is 0 Å². The molecule has 30 heavy (non-hydrogen) atoms. The third kappa shape index (κ3) is 3.53. The molecule has 0 unspecified atom stereocenters. The van der Waals surface area contributed by atoms with Crippen LogP contribution in [0.2, 0.25) is 0 Å². The number of amides is 1. The van der Waals surface area contributed by atoms with Crippen molar-refractivity contribution in [3.63, 3.8) is 0 Å². The first kappa shape index (κ1) is 20.6. The third-order valence-corrected chi connectivity index (χ3v) is 6.73. The van der Waals surface area contributed by atoms with E-state index in [0.717, 1.165) is 22.6 Å². The zero-order valence-electron chi connectivity index (χ0n) is 17.8. The van der Waals surface area contributed by atoms with Crippen molar-refractivity contribution in [1.29, 1.82) is 0 Å². The zero-order chi connectivity index (χ0) is 21.6. The number of para-hydroxylation sites is 1. The average Bonchev–Trinajstić information content (AvgIpc) is 3.11. The molecule has 1 saturated heterocycles. The Morgan fingerprint density at radius 3 is 2.20 bits per heavy atom. The van der Waals surface area contributed by atoms with Gasteiger partial charge >= 0.3 is 0 Å². The van der Waals surface area contributed by atoms with Crippen LogP contribution in [-0.2, 0) is 4.79 Å². The van der Waals surface area contributed by atoms with E-state index in [9.17, 15) is 4.79 Å². The highest BCUT2D eigenvalue weighted by molar-refractivity contribution is 8.27. The molecule has 0 N–H and O–H groups in total. The molecule has 3 nitrogen and oxygen atoms in total. The number of anilines is 1. The number of thioether (sulfide) groups is 1. The Balaban J connectivity index is 1.76. The molecule has 152 valence electrons. The first-order valence-electron chi connectivity index (χ1n) is 9.88. The van der Waals surface area contributed by atoms with Crippen LogP contribution in [0, 0.1) is 34.6 Å². The normalized spacial score (nSPS) is 15.5. The van der Waals surface area contributed by atoms with Crippen molar-refractivity contribution < 1.29 is 4.79 Å². The molecular formula is C25H24N2OS2. The van der Waals surface area contributed by atoms with Gasteiger partial charge in [-0.1, -0.05) is 59.9 Å². The maximum Gasteiger partial charge on any atom is 0.270 e. The first-order valence-corrected chi connectivity index (χ1v) is 11.1. The number of nitrogens with zero attached hydrogens (tertiary/aromatic N) is 2. The standard InChI is InChI=1S/C25H24N2OS2/c1-15-11-16(2)23(17(3)12-15)26-18(4)13-20(19(26)5)14-22-24(28)27(25(29)30-22)21-9-7-6-8-10-21/h6-14H,1-5H3/b22-14+. The molecule has 4 rings (SSSR count). The van der Waals surface area contributed by atoms with Gasteiger partial charge in [0.25, 0.3) is 5.91 Å². The second kappa shape index (κ2) is 7.89. The highest BCUT2D eigenvalue weighted by Gasteiger charge is 2.33. The van der Waals surface area contributed by atoms with Crippen molar-refractivity contribution in [2.75, 3.05) is 4.90 Å². The minimum Gasteiger partial charge on any atom is -0.317 e. The molecule has 0 spiro atoms. The predicted molar refractivity (Wildman–Crippen MR) is 132 cm³/mol. The fraction of sp³-hybridized carbons (Fsp3) is 0.200. The molecule has 1 fully saturated rings. The van der Waals surface area contributed by atoms with Crippen LogP contribution in [0.5, 0.6) is 0 Å². The topological polar surface area (TPSA) is 25.2 Å². The number of aryl methyl sites for hydroxylation is 4. The monoisotopic (exact) mass is 432 g/mol. The lowest BCUT2D eigenvalue weighted by atomic mass is 10.0. The van der Waals surface area contributed by atoms with Gasteiger partial charge in [0.05, 0.1) is 16.3 Å². The number of rotatable bonds is 3. The molecule has 0 atom stereocenters. The Labute approximate surface area is 187 Å². The van der Waals surface area contributed by atoms with Crippen LogP contribution >= 0.6 is 24.0 Å². The molecule has 0 aliphatic carbocycles. The summed E-state index contributed by atoms with van der Waals surface area (Å²) in [5.41, 5.74) is 9.08. The third-order valence-electron chi connectivity index (χ3n) is 5.42. The molecule has 5 heteroatoms. The summed E-state index contributed by atoms with van der Waals surface area (Å²) in [5, 5.41) is 0. The zero-order valence-corrected chi connectivity index (χ0v) is 19.4. The van der Waals surface area contributed by atoms with Crippen LogP contribution in [0.25, 0.3) is 11.8 Å². The molecule has 1 aliphatic heterocycles. The van der Waals surface area contributed by atoms with Crippen molar-refractivity contribution in [3.8, 4) is 5.69 Å². The van der Waals surface area contributed by atoms with Crippen LogP contribution in [0.4, 0.5) is 5.69 Å². The van der Waals surface area contributed by atoms with Crippen LogP contribution in [0.15, 0.2) is 53.4 Å². The van der Waals surface area contributed by atoms with E-state index in [2.05, 4.69) is 57.4 Å². The molecule has 2 heterocycles. The molecule has 2 aromatic carbocycles. The van der Waals surface area contributed by atoms with Crippen molar-refractivity contribution in [2.45, 2.75) is 34.6 Å². The molecule has 1 aliphatic rings. The van der Waals surface area contributed by atoms with Crippen LogP contribution in [0.1, 0.15) is 33.6 Å². The number of hydrogen-bond donors (Lipinski definition) is 0. The largest absolute Gasteiger partial charge is 0.317 e. The molecular weight excluding hydrogens is 408 g/mol. The summed E-state index contributed by atoms with van der Waals surface area (Å²) in [6.45, 7) is 10.6. The minimum absolute atomic E-state index is 0.0660. The highest BCUT2D eigenvalue weighted by atomic mass is 32.2. The summed E-state index contributed by atoms with van der Waals surface area (Å²) in [4.78, 5) is 15.3. The van der Waals surface area contributed by atoms with Crippen LogP contribution in [0.3, 0.4) is 0 Å². The Morgan fingerprint density at radius 1 is 0.933 bits per heavy atom. The summed E-state index contributed by atoms with van der Waals surface area (Å²) in [6, 6.07) is 16.1. The highest BCUT2D eigenvalue weighted by Crippen LogP contribution is 2.37. The Hall–Kier alpha value is -2.63. The van der Waals surface area contributed by atoms with E-state index in [1.165, 1.54) is 34.1 Å². The summed E-state index contributed by atoms with van der Waals surface area (Å²) in [5.74, 6) is -0.0660. The first-order chi connectivity index (χ1) is 14.3. The van der Waals surface area contributed by atoms with E-state index in [4.69, 9.17) is 12.2 Å².